The number of rotatable bonds is 8. The van der Waals surface area contributed by atoms with E-state index in [1.54, 1.807) is 0 Å². The number of aliphatic hydroxyl groups is 1. The number of hydrogen-bond donors (Lipinski definition) is 3. The molecular formula is C12H26N2O2. The van der Waals surface area contributed by atoms with Crippen LogP contribution in [0.4, 0.5) is 0 Å². The maximum atomic E-state index is 11.1. The van der Waals surface area contributed by atoms with Gasteiger partial charge in [0.2, 0.25) is 5.91 Å². The van der Waals surface area contributed by atoms with E-state index in [2.05, 4.69) is 24.5 Å². The summed E-state index contributed by atoms with van der Waals surface area (Å²) < 4.78 is 0. The van der Waals surface area contributed by atoms with Crippen molar-refractivity contribution >= 4 is 5.91 Å². The van der Waals surface area contributed by atoms with Crippen molar-refractivity contribution in [1.82, 2.24) is 10.6 Å². The fourth-order valence-electron chi connectivity index (χ4n) is 1.80. The summed E-state index contributed by atoms with van der Waals surface area (Å²) in [4.78, 5) is 11.1. The molecule has 0 aromatic rings. The molecule has 0 aliphatic carbocycles. The number of carbonyl (C=O) groups excluding carboxylic acids is 1. The zero-order valence-corrected chi connectivity index (χ0v) is 11.0. The molecular weight excluding hydrogens is 204 g/mol. The molecule has 0 radical (unpaired) electrons. The molecule has 0 aromatic carbocycles. The summed E-state index contributed by atoms with van der Waals surface area (Å²) in [5, 5.41) is 15.8. The van der Waals surface area contributed by atoms with E-state index < -0.39 is 5.60 Å². The molecule has 0 aromatic heterocycles. The third kappa shape index (κ3) is 8.68. The molecule has 1 unspecified atom stereocenters. The Hall–Kier alpha value is -0.610. The van der Waals surface area contributed by atoms with Crippen LogP contribution in [-0.2, 0) is 4.79 Å². The Labute approximate surface area is 98.8 Å². The summed E-state index contributed by atoms with van der Waals surface area (Å²) >= 11 is 0. The molecule has 4 nitrogen and oxygen atoms in total. The molecule has 0 heterocycles. The third-order valence-electron chi connectivity index (χ3n) is 2.26. The second-order valence-corrected chi connectivity index (χ2v) is 4.98. The van der Waals surface area contributed by atoms with E-state index in [4.69, 9.17) is 0 Å². The van der Waals surface area contributed by atoms with E-state index in [9.17, 15) is 9.90 Å². The van der Waals surface area contributed by atoms with Crippen LogP contribution >= 0.6 is 0 Å². The van der Waals surface area contributed by atoms with E-state index in [1.165, 1.54) is 0 Å². The molecule has 0 saturated carbocycles. The minimum atomic E-state index is -0.685. The Kier molecular flexibility index (Phi) is 7.34. The molecule has 0 saturated heterocycles. The first kappa shape index (κ1) is 15.4. The summed E-state index contributed by atoms with van der Waals surface area (Å²) in [6, 6.07) is 0. The molecule has 0 aliphatic rings. The Morgan fingerprint density at radius 2 is 2.06 bits per heavy atom. The SMILES string of the molecule is CCNC(=O)CCNCC(C)(O)CC(C)C. The Bertz CT molecular complexity index is 203. The molecule has 1 amide bonds. The molecule has 4 heteroatoms. The van der Waals surface area contributed by atoms with Crippen molar-refractivity contribution in [3.05, 3.63) is 0 Å². The van der Waals surface area contributed by atoms with Gasteiger partial charge in [0.25, 0.3) is 0 Å². The van der Waals surface area contributed by atoms with Crippen LogP contribution in [-0.4, -0.2) is 36.2 Å². The van der Waals surface area contributed by atoms with E-state index in [0.29, 0.717) is 32.0 Å². The fraction of sp³-hybridized carbons (Fsp3) is 0.917. The Balaban J connectivity index is 3.61. The summed E-state index contributed by atoms with van der Waals surface area (Å²) in [6.45, 7) is 9.71. The van der Waals surface area contributed by atoms with Gasteiger partial charge in [-0.15, -0.1) is 0 Å². The lowest BCUT2D eigenvalue weighted by atomic mass is 9.94. The third-order valence-corrected chi connectivity index (χ3v) is 2.26. The Morgan fingerprint density at radius 1 is 1.44 bits per heavy atom. The zero-order chi connectivity index (χ0) is 12.6. The van der Waals surface area contributed by atoms with Crippen LogP contribution in [0.5, 0.6) is 0 Å². The molecule has 0 fully saturated rings. The summed E-state index contributed by atoms with van der Waals surface area (Å²) in [5.74, 6) is 0.527. The van der Waals surface area contributed by atoms with Gasteiger partial charge in [-0.05, 0) is 26.2 Å². The largest absolute Gasteiger partial charge is 0.389 e. The molecule has 16 heavy (non-hydrogen) atoms. The molecule has 0 bridgehead atoms. The highest BCUT2D eigenvalue weighted by Gasteiger charge is 2.20. The number of hydrogen-bond acceptors (Lipinski definition) is 3. The van der Waals surface area contributed by atoms with Gasteiger partial charge < -0.3 is 15.7 Å². The van der Waals surface area contributed by atoms with Gasteiger partial charge >= 0.3 is 0 Å². The molecule has 3 N–H and O–H groups in total. The average Bonchev–Trinajstić information content (AvgIpc) is 2.11. The van der Waals surface area contributed by atoms with Gasteiger partial charge in [0.15, 0.2) is 0 Å². The van der Waals surface area contributed by atoms with Crippen molar-refractivity contribution < 1.29 is 9.90 Å². The van der Waals surface area contributed by atoms with Crippen molar-refractivity contribution in [2.24, 2.45) is 5.92 Å². The molecule has 0 spiro atoms. The van der Waals surface area contributed by atoms with Crippen molar-refractivity contribution in [2.45, 2.75) is 46.1 Å². The van der Waals surface area contributed by atoms with Crippen LogP contribution in [0.2, 0.25) is 0 Å². The summed E-state index contributed by atoms with van der Waals surface area (Å²) in [6.07, 6.45) is 1.23. The fourth-order valence-corrected chi connectivity index (χ4v) is 1.80. The second kappa shape index (κ2) is 7.63. The van der Waals surface area contributed by atoms with E-state index in [1.807, 2.05) is 13.8 Å². The van der Waals surface area contributed by atoms with Crippen molar-refractivity contribution in [2.75, 3.05) is 19.6 Å². The predicted octanol–water partition coefficient (Wildman–Crippen LogP) is 0.899. The standard InChI is InChI=1S/C12H26N2O2/c1-5-14-11(15)6-7-13-9-12(4,16)8-10(2)3/h10,13,16H,5-9H2,1-4H3,(H,14,15). The molecule has 96 valence electrons. The van der Waals surface area contributed by atoms with Gasteiger partial charge in [0.1, 0.15) is 0 Å². The predicted molar refractivity (Wildman–Crippen MR) is 66.2 cm³/mol. The Morgan fingerprint density at radius 3 is 2.56 bits per heavy atom. The van der Waals surface area contributed by atoms with E-state index in [0.717, 1.165) is 6.42 Å². The number of nitrogens with one attached hydrogen (secondary N) is 2. The van der Waals surface area contributed by atoms with E-state index >= 15 is 0 Å². The quantitative estimate of drug-likeness (QED) is 0.543. The highest BCUT2D eigenvalue weighted by molar-refractivity contribution is 5.75. The maximum Gasteiger partial charge on any atom is 0.221 e. The smallest absolute Gasteiger partial charge is 0.221 e. The van der Waals surface area contributed by atoms with Crippen LogP contribution in [0.3, 0.4) is 0 Å². The lowest BCUT2D eigenvalue weighted by Crippen LogP contribution is -2.40. The minimum absolute atomic E-state index is 0.0542. The minimum Gasteiger partial charge on any atom is -0.389 e. The van der Waals surface area contributed by atoms with Crippen LogP contribution in [0.25, 0.3) is 0 Å². The first-order valence-electron chi connectivity index (χ1n) is 6.07. The summed E-state index contributed by atoms with van der Waals surface area (Å²) in [7, 11) is 0. The van der Waals surface area contributed by atoms with Crippen molar-refractivity contribution in [3.63, 3.8) is 0 Å². The van der Waals surface area contributed by atoms with Gasteiger partial charge in [-0.1, -0.05) is 13.8 Å². The molecule has 0 rings (SSSR count). The topological polar surface area (TPSA) is 61.4 Å². The van der Waals surface area contributed by atoms with Crippen molar-refractivity contribution in [1.29, 1.82) is 0 Å². The number of carbonyl (C=O) groups is 1. The highest BCUT2D eigenvalue weighted by atomic mass is 16.3. The average molecular weight is 230 g/mol. The monoisotopic (exact) mass is 230 g/mol. The normalized spacial score (nSPS) is 14.9. The maximum absolute atomic E-state index is 11.1. The first-order valence-corrected chi connectivity index (χ1v) is 6.07. The van der Waals surface area contributed by atoms with Crippen LogP contribution in [0.15, 0.2) is 0 Å². The zero-order valence-electron chi connectivity index (χ0n) is 11.0. The molecule has 1 atom stereocenters. The van der Waals surface area contributed by atoms with Crippen molar-refractivity contribution in [3.8, 4) is 0 Å². The molecule has 0 aliphatic heterocycles. The van der Waals surface area contributed by atoms with Gasteiger partial charge in [0.05, 0.1) is 5.60 Å². The van der Waals surface area contributed by atoms with Gasteiger partial charge in [-0.2, -0.15) is 0 Å². The number of amides is 1. The lowest BCUT2D eigenvalue weighted by Gasteiger charge is -2.25. The van der Waals surface area contributed by atoms with Gasteiger partial charge in [0, 0.05) is 26.1 Å². The van der Waals surface area contributed by atoms with Gasteiger partial charge in [-0.3, -0.25) is 4.79 Å². The van der Waals surface area contributed by atoms with E-state index in [-0.39, 0.29) is 5.91 Å². The first-order chi connectivity index (χ1) is 7.37. The second-order valence-electron chi connectivity index (χ2n) is 4.98. The highest BCUT2D eigenvalue weighted by Crippen LogP contribution is 2.14. The van der Waals surface area contributed by atoms with Crippen LogP contribution < -0.4 is 10.6 Å². The van der Waals surface area contributed by atoms with Gasteiger partial charge in [-0.25, -0.2) is 0 Å². The van der Waals surface area contributed by atoms with Crippen LogP contribution in [0.1, 0.15) is 40.5 Å². The summed E-state index contributed by atoms with van der Waals surface area (Å²) in [5.41, 5.74) is -0.685. The van der Waals surface area contributed by atoms with Crippen LogP contribution in [0, 0.1) is 5.92 Å². The lowest BCUT2D eigenvalue weighted by molar-refractivity contribution is -0.120.